The van der Waals surface area contributed by atoms with Crippen LogP contribution in [0.2, 0.25) is 0 Å². The van der Waals surface area contributed by atoms with Crippen molar-refractivity contribution in [2.45, 2.75) is 19.9 Å². The molecule has 2 heterocycles. The highest BCUT2D eigenvalue weighted by molar-refractivity contribution is 5.80. The standard InChI is InChI=1S/C14H18N6/c1-10-18-13(20-19-10)12-5-2-4-11(8-12)9-17-14-15-6-3-7-16-14/h2,4-5,8H,3,6-7,9H2,1H3,(H2,15,16,17)(H,18,19,20). The Balaban J connectivity index is 1.69. The lowest BCUT2D eigenvalue weighted by molar-refractivity contribution is 0.702. The van der Waals surface area contributed by atoms with E-state index < -0.39 is 0 Å². The van der Waals surface area contributed by atoms with Gasteiger partial charge in [0.2, 0.25) is 0 Å². The highest BCUT2D eigenvalue weighted by Gasteiger charge is 2.06. The van der Waals surface area contributed by atoms with E-state index in [4.69, 9.17) is 0 Å². The minimum atomic E-state index is 0.734. The summed E-state index contributed by atoms with van der Waals surface area (Å²) in [7, 11) is 0. The molecule has 0 unspecified atom stereocenters. The number of guanidine groups is 1. The Labute approximate surface area is 117 Å². The van der Waals surface area contributed by atoms with Crippen LogP contribution in [0.1, 0.15) is 17.8 Å². The highest BCUT2D eigenvalue weighted by atomic mass is 15.2. The van der Waals surface area contributed by atoms with Crippen molar-refractivity contribution >= 4 is 5.96 Å². The van der Waals surface area contributed by atoms with Gasteiger partial charge in [0, 0.05) is 25.2 Å². The molecule has 1 aromatic heterocycles. The van der Waals surface area contributed by atoms with Gasteiger partial charge in [-0.05, 0) is 25.0 Å². The van der Waals surface area contributed by atoms with Gasteiger partial charge in [0.05, 0.1) is 0 Å². The van der Waals surface area contributed by atoms with Crippen molar-refractivity contribution in [2.24, 2.45) is 4.99 Å². The van der Waals surface area contributed by atoms with Crippen molar-refractivity contribution < 1.29 is 0 Å². The summed E-state index contributed by atoms with van der Waals surface area (Å²) in [6, 6.07) is 8.22. The monoisotopic (exact) mass is 270 g/mol. The molecule has 0 saturated carbocycles. The van der Waals surface area contributed by atoms with Crippen LogP contribution in [0.25, 0.3) is 11.4 Å². The van der Waals surface area contributed by atoms with Crippen LogP contribution < -0.4 is 10.6 Å². The summed E-state index contributed by atoms with van der Waals surface area (Å²) in [6.45, 7) is 4.52. The number of nitrogens with one attached hydrogen (secondary N) is 3. The van der Waals surface area contributed by atoms with E-state index in [1.807, 2.05) is 19.1 Å². The molecule has 0 aliphatic carbocycles. The quantitative estimate of drug-likeness (QED) is 0.783. The average Bonchev–Trinajstić information content (AvgIpc) is 2.93. The number of nitrogens with zero attached hydrogens (tertiary/aromatic N) is 3. The summed E-state index contributed by atoms with van der Waals surface area (Å²) in [5.74, 6) is 2.44. The lowest BCUT2D eigenvalue weighted by Gasteiger charge is -2.16. The fraction of sp³-hybridized carbons (Fsp3) is 0.357. The van der Waals surface area contributed by atoms with Gasteiger partial charge in [-0.2, -0.15) is 5.10 Å². The summed E-state index contributed by atoms with van der Waals surface area (Å²) >= 11 is 0. The van der Waals surface area contributed by atoms with Gasteiger partial charge in [-0.25, -0.2) is 4.98 Å². The molecule has 1 aromatic carbocycles. The van der Waals surface area contributed by atoms with E-state index in [1.54, 1.807) is 0 Å². The molecule has 6 heteroatoms. The second-order valence-electron chi connectivity index (χ2n) is 4.81. The number of aliphatic imine (C=N–C) groups is 1. The number of hydrogen-bond donors (Lipinski definition) is 3. The third-order valence-corrected chi connectivity index (χ3v) is 3.14. The third-order valence-electron chi connectivity index (χ3n) is 3.14. The average molecular weight is 270 g/mol. The molecule has 1 aliphatic heterocycles. The zero-order chi connectivity index (χ0) is 13.8. The summed E-state index contributed by atoms with van der Waals surface area (Å²) in [6.07, 6.45) is 1.10. The van der Waals surface area contributed by atoms with E-state index in [0.29, 0.717) is 0 Å². The van der Waals surface area contributed by atoms with Crippen molar-refractivity contribution in [3.05, 3.63) is 35.7 Å². The van der Waals surface area contributed by atoms with Crippen molar-refractivity contribution in [2.75, 3.05) is 13.1 Å². The molecule has 2 aromatic rings. The van der Waals surface area contributed by atoms with E-state index >= 15 is 0 Å². The molecule has 0 amide bonds. The molecule has 0 bridgehead atoms. The Hall–Kier alpha value is -2.37. The zero-order valence-electron chi connectivity index (χ0n) is 11.5. The van der Waals surface area contributed by atoms with Crippen LogP contribution in [-0.2, 0) is 6.54 Å². The SMILES string of the molecule is Cc1nc(-c2cccc(CNC3=NCCCN3)c2)n[nH]1. The maximum atomic E-state index is 4.39. The molecule has 1 aliphatic rings. The van der Waals surface area contributed by atoms with Crippen molar-refractivity contribution in [1.29, 1.82) is 0 Å². The molecule has 0 atom stereocenters. The first-order chi connectivity index (χ1) is 9.81. The maximum Gasteiger partial charge on any atom is 0.191 e. The number of hydrogen-bond acceptors (Lipinski definition) is 5. The van der Waals surface area contributed by atoms with Crippen molar-refractivity contribution in [3.63, 3.8) is 0 Å². The third kappa shape index (κ3) is 2.96. The first kappa shape index (κ1) is 12.7. The number of H-pyrrole nitrogens is 1. The second-order valence-corrected chi connectivity index (χ2v) is 4.81. The van der Waals surface area contributed by atoms with Crippen molar-refractivity contribution in [3.8, 4) is 11.4 Å². The van der Waals surface area contributed by atoms with Gasteiger partial charge >= 0.3 is 0 Å². The van der Waals surface area contributed by atoms with E-state index in [-0.39, 0.29) is 0 Å². The topological polar surface area (TPSA) is 78.0 Å². The van der Waals surface area contributed by atoms with Gasteiger partial charge in [0.15, 0.2) is 11.8 Å². The summed E-state index contributed by atoms with van der Waals surface area (Å²) < 4.78 is 0. The second kappa shape index (κ2) is 5.73. The molecule has 6 nitrogen and oxygen atoms in total. The smallest absolute Gasteiger partial charge is 0.191 e. The lowest BCUT2D eigenvalue weighted by Crippen LogP contribution is -2.40. The number of benzene rings is 1. The van der Waals surface area contributed by atoms with Gasteiger partial charge in [-0.15, -0.1) is 0 Å². The van der Waals surface area contributed by atoms with Crippen LogP contribution in [0.4, 0.5) is 0 Å². The van der Waals surface area contributed by atoms with Gasteiger partial charge in [0.1, 0.15) is 5.82 Å². The number of aromatic amines is 1. The highest BCUT2D eigenvalue weighted by Crippen LogP contribution is 2.16. The molecular formula is C14H18N6. The van der Waals surface area contributed by atoms with Crippen molar-refractivity contribution in [1.82, 2.24) is 25.8 Å². The summed E-state index contributed by atoms with van der Waals surface area (Å²) in [5, 5.41) is 13.6. The van der Waals surface area contributed by atoms with E-state index in [1.165, 1.54) is 5.56 Å². The summed E-state index contributed by atoms with van der Waals surface area (Å²) in [4.78, 5) is 8.74. The molecule has 3 N–H and O–H groups in total. The minimum absolute atomic E-state index is 0.734. The van der Waals surface area contributed by atoms with Gasteiger partial charge in [0.25, 0.3) is 0 Å². The van der Waals surface area contributed by atoms with Gasteiger partial charge < -0.3 is 10.6 Å². The summed E-state index contributed by atoms with van der Waals surface area (Å²) in [5.41, 5.74) is 2.20. The van der Waals surface area contributed by atoms with Gasteiger partial charge in [-0.3, -0.25) is 10.1 Å². The minimum Gasteiger partial charge on any atom is -0.356 e. The van der Waals surface area contributed by atoms with E-state index in [2.05, 4.69) is 42.9 Å². The predicted octanol–water partition coefficient (Wildman–Crippen LogP) is 1.22. The normalized spacial score (nSPS) is 14.6. The zero-order valence-corrected chi connectivity index (χ0v) is 11.5. The first-order valence-corrected chi connectivity index (χ1v) is 6.82. The Kier molecular flexibility index (Phi) is 3.62. The number of rotatable bonds is 3. The van der Waals surface area contributed by atoms with Gasteiger partial charge in [-0.1, -0.05) is 18.2 Å². The largest absolute Gasteiger partial charge is 0.356 e. The maximum absolute atomic E-state index is 4.39. The van der Waals surface area contributed by atoms with Crippen LogP contribution in [0, 0.1) is 6.92 Å². The molecule has 0 spiro atoms. The fourth-order valence-electron chi connectivity index (χ4n) is 2.13. The van der Waals surface area contributed by atoms with Crippen LogP contribution in [0.15, 0.2) is 29.3 Å². The number of aromatic nitrogens is 3. The Morgan fingerprint density at radius 3 is 3.05 bits per heavy atom. The van der Waals surface area contributed by atoms with E-state index in [9.17, 15) is 0 Å². The predicted molar refractivity (Wildman–Crippen MR) is 78.3 cm³/mol. The Bertz CT molecular complexity index is 616. The first-order valence-electron chi connectivity index (χ1n) is 6.82. The fourth-order valence-corrected chi connectivity index (χ4v) is 2.13. The Morgan fingerprint density at radius 1 is 1.35 bits per heavy atom. The van der Waals surface area contributed by atoms with Crippen LogP contribution in [0.3, 0.4) is 0 Å². The van der Waals surface area contributed by atoms with Crippen LogP contribution in [-0.4, -0.2) is 34.2 Å². The molecule has 0 radical (unpaired) electrons. The molecular weight excluding hydrogens is 252 g/mol. The van der Waals surface area contributed by atoms with Crippen LogP contribution in [0.5, 0.6) is 0 Å². The van der Waals surface area contributed by atoms with E-state index in [0.717, 1.165) is 49.2 Å². The number of aryl methyl sites for hydroxylation is 1. The molecule has 3 rings (SSSR count). The lowest BCUT2D eigenvalue weighted by atomic mass is 10.1. The Morgan fingerprint density at radius 2 is 2.30 bits per heavy atom. The molecule has 20 heavy (non-hydrogen) atoms. The molecule has 104 valence electrons. The molecule has 0 fully saturated rings. The van der Waals surface area contributed by atoms with Crippen LogP contribution >= 0.6 is 0 Å². The molecule has 0 saturated heterocycles.